The monoisotopic (exact) mass is 400 g/mol. The van der Waals surface area contributed by atoms with Crippen molar-refractivity contribution >= 4 is 43.3 Å². The summed E-state index contributed by atoms with van der Waals surface area (Å²) in [5.74, 6) is -1.07. The van der Waals surface area contributed by atoms with Crippen LogP contribution in [-0.2, 0) is 15.6 Å². The van der Waals surface area contributed by atoms with Gasteiger partial charge in [-0.3, -0.25) is 10.1 Å². The molecule has 0 unspecified atom stereocenters. The molecule has 0 bridgehead atoms. The number of amides is 1. The summed E-state index contributed by atoms with van der Waals surface area (Å²) >= 11 is 1.23. The SMILES string of the molecule is O=C(Nc1nnc(CS(=O)(=O)c2ccccc2)o1)c1nc2ccccc2s1. The number of aromatic nitrogens is 3. The van der Waals surface area contributed by atoms with Gasteiger partial charge < -0.3 is 4.42 Å². The first-order valence-corrected chi connectivity index (χ1v) is 10.3. The molecule has 0 saturated carbocycles. The van der Waals surface area contributed by atoms with E-state index >= 15 is 0 Å². The summed E-state index contributed by atoms with van der Waals surface area (Å²) in [5.41, 5.74) is 0.716. The van der Waals surface area contributed by atoms with Crippen LogP contribution in [0.5, 0.6) is 0 Å². The summed E-state index contributed by atoms with van der Waals surface area (Å²) in [7, 11) is -3.62. The zero-order chi connectivity index (χ0) is 18.9. The number of hydrogen-bond acceptors (Lipinski definition) is 8. The lowest BCUT2D eigenvalue weighted by Gasteiger charge is -2.00. The highest BCUT2D eigenvalue weighted by Gasteiger charge is 2.21. The minimum absolute atomic E-state index is 0.113. The molecule has 0 aliphatic rings. The van der Waals surface area contributed by atoms with Crippen molar-refractivity contribution in [2.45, 2.75) is 10.6 Å². The van der Waals surface area contributed by atoms with Crippen LogP contribution in [-0.4, -0.2) is 29.5 Å². The molecule has 4 aromatic rings. The van der Waals surface area contributed by atoms with E-state index in [1.807, 2.05) is 24.3 Å². The van der Waals surface area contributed by atoms with Crippen LogP contribution in [0, 0.1) is 0 Å². The van der Waals surface area contributed by atoms with Crippen LogP contribution in [0.4, 0.5) is 6.01 Å². The highest BCUT2D eigenvalue weighted by Crippen LogP contribution is 2.22. The van der Waals surface area contributed by atoms with Gasteiger partial charge in [0.2, 0.25) is 5.89 Å². The quantitative estimate of drug-likeness (QED) is 0.548. The largest absolute Gasteiger partial charge is 0.407 e. The summed E-state index contributed by atoms with van der Waals surface area (Å²) < 4.78 is 30.8. The standard InChI is InChI=1S/C17H12N4O4S2/c22-15(16-18-12-8-4-5-9-13(12)26-16)19-17-21-20-14(25-17)10-27(23,24)11-6-2-1-3-7-11/h1-9H,10H2,(H,19,21,22). The van der Waals surface area contributed by atoms with Crippen molar-refractivity contribution in [3.63, 3.8) is 0 Å². The molecule has 0 atom stereocenters. The molecule has 0 spiro atoms. The van der Waals surface area contributed by atoms with Gasteiger partial charge in [0.05, 0.1) is 15.1 Å². The van der Waals surface area contributed by atoms with Crippen LogP contribution in [0.3, 0.4) is 0 Å². The van der Waals surface area contributed by atoms with Crippen LogP contribution < -0.4 is 5.32 Å². The average molecular weight is 400 g/mol. The fraction of sp³-hybridized carbons (Fsp3) is 0.0588. The lowest BCUT2D eigenvalue weighted by atomic mass is 10.3. The first-order valence-electron chi connectivity index (χ1n) is 7.78. The summed E-state index contributed by atoms with van der Waals surface area (Å²) in [5, 5.41) is 10.0. The topological polar surface area (TPSA) is 115 Å². The summed E-state index contributed by atoms with van der Waals surface area (Å²) in [4.78, 5) is 16.7. The van der Waals surface area contributed by atoms with Crippen molar-refractivity contribution in [1.29, 1.82) is 0 Å². The number of carbonyl (C=O) groups excluding carboxylic acids is 1. The van der Waals surface area contributed by atoms with E-state index in [2.05, 4.69) is 20.5 Å². The molecule has 136 valence electrons. The van der Waals surface area contributed by atoms with Crippen LogP contribution in [0.15, 0.2) is 63.9 Å². The predicted molar refractivity (Wildman–Crippen MR) is 99.2 cm³/mol. The van der Waals surface area contributed by atoms with E-state index in [1.165, 1.54) is 23.5 Å². The highest BCUT2D eigenvalue weighted by atomic mass is 32.2. The second kappa shape index (κ2) is 6.89. The maximum Gasteiger partial charge on any atom is 0.322 e. The van der Waals surface area contributed by atoms with Gasteiger partial charge in [0, 0.05) is 0 Å². The molecule has 1 amide bonds. The van der Waals surface area contributed by atoms with E-state index in [4.69, 9.17) is 4.42 Å². The Kier molecular flexibility index (Phi) is 4.42. The minimum atomic E-state index is -3.62. The van der Waals surface area contributed by atoms with Crippen molar-refractivity contribution in [2.24, 2.45) is 0 Å². The van der Waals surface area contributed by atoms with Gasteiger partial charge in [0.15, 0.2) is 14.8 Å². The molecule has 8 nitrogen and oxygen atoms in total. The zero-order valence-corrected chi connectivity index (χ0v) is 15.3. The fourth-order valence-electron chi connectivity index (χ4n) is 2.36. The first-order chi connectivity index (χ1) is 13.0. The van der Waals surface area contributed by atoms with Crippen molar-refractivity contribution in [3.8, 4) is 0 Å². The van der Waals surface area contributed by atoms with E-state index in [0.29, 0.717) is 5.52 Å². The maximum atomic E-state index is 12.3. The van der Waals surface area contributed by atoms with Crippen molar-refractivity contribution in [3.05, 3.63) is 65.5 Å². The number of fused-ring (bicyclic) bond motifs is 1. The summed E-state index contributed by atoms with van der Waals surface area (Å²) in [6.07, 6.45) is 0. The summed E-state index contributed by atoms with van der Waals surface area (Å²) in [6.45, 7) is 0. The van der Waals surface area contributed by atoms with E-state index in [9.17, 15) is 13.2 Å². The zero-order valence-electron chi connectivity index (χ0n) is 13.7. The lowest BCUT2D eigenvalue weighted by Crippen LogP contribution is -2.11. The van der Waals surface area contributed by atoms with Gasteiger partial charge >= 0.3 is 6.01 Å². The maximum absolute atomic E-state index is 12.3. The molecular formula is C17H12N4O4S2. The van der Waals surface area contributed by atoms with Crippen LogP contribution in [0.1, 0.15) is 15.7 Å². The second-order valence-corrected chi connectivity index (χ2v) is 8.53. The molecular weight excluding hydrogens is 388 g/mol. The van der Waals surface area contributed by atoms with Gasteiger partial charge in [0.25, 0.3) is 5.91 Å². The number of anilines is 1. The molecule has 10 heteroatoms. The van der Waals surface area contributed by atoms with E-state index in [1.54, 1.807) is 18.2 Å². The highest BCUT2D eigenvalue weighted by molar-refractivity contribution is 7.90. The average Bonchev–Trinajstić information content (AvgIpc) is 3.28. The summed E-state index contributed by atoms with van der Waals surface area (Å²) in [6, 6.07) is 15.1. The number of carbonyl (C=O) groups is 1. The van der Waals surface area contributed by atoms with Gasteiger partial charge in [-0.1, -0.05) is 35.4 Å². The number of thiazole rings is 1. The number of rotatable bonds is 5. The molecule has 2 heterocycles. The normalized spacial score (nSPS) is 11.6. The van der Waals surface area contributed by atoms with Crippen LogP contribution in [0.2, 0.25) is 0 Å². The number of benzene rings is 2. The number of para-hydroxylation sites is 1. The molecule has 0 aliphatic carbocycles. The van der Waals surface area contributed by atoms with E-state index in [-0.39, 0.29) is 21.8 Å². The first kappa shape index (κ1) is 17.3. The third kappa shape index (κ3) is 3.71. The Hall–Kier alpha value is -3.11. The predicted octanol–water partition coefficient (Wildman–Crippen LogP) is 2.91. The Morgan fingerprint density at radius 3 is 2.56 bits per heavy atom. The third-order valence-corrected chi connectivity index (χ3v) is 6.24. The molecule has 4 rings (SSSR count). The Morgan fingerprint density at radius 1 is 1.04 bits per heavy atom. The molecule has 2 aromatic heterocycles. The molecule has 1 N–H and O–H groups in total. The van der Waals surface area contributed by atoms with Crippen LogP contribution in [0.25, 0.3) is 10.2 Å². The van der Waals surface area contributed by atoms with E-state index < -0.39 is 21.5 Å². The second-order valence-electron chi connectivity index (χ2n) is 5.51. The van der Waals surface area contributed by atoms with Gasteiger partial charge in [-0.05, 0) is 24.3 Å². The molecule has 2 aromatic carbocycles. The number of nitrogens with zero attached hydrogens (tertiary/aromatic N) is 3. The molecule has 0 radical (unpaired) electrons. The van der Waals surface area contributed by atoms with Crippen molar-refractivity contribution in [1.82, 2.24) is 15.2 Å². The van der Waals surface area contributed by atoms with Gasteiger partial charge in [-0.2, -0.15) is 0 Å². The molecule has 0 saturated heterocycles. The lowest BCUT2D eigenvalue weighted by molar-refractivity contribution is 0.102. The Labute approximate surface area is 157 Å². The van der Waals surface area contributed by atoms with Crippen molar-refractivity contribution < 1.29 is 17.6 Å². The minimum Gasteiger partial charge on any atom is -0.407 e. The third-order valence-electron chi connectivity index (χ3n) is 3.59. The van der Waals surface area contributed by atoms with Gasteiger partial charge in [-0.25, -0.2) is 13.4 Å². The molecule has 0 fully saturated rings. The van der Waals surface area contributed by atoms with Gasteiger partial charge in [-0.15, -0.1) is 16.4 Å². The smallest absolute Gasteiger partial charge is 0.322 e. The Morgan fingerprint density at radius 2 is 1.78 bits per heavy atom. The molecule has 27 heavy (non-hydrogen) atoms. The van der Waals surface area contributed by atoms with Crippen molar-refractivity contribution in [2.75, 3.05) is 5.32 Å². The Bertz CT molecular complexity index is 1180. The number of nitrogens with one attached hydrogen (secondary N) is 1. The number of sulfone groups is 1. The fourth-order valence-corrected chi connectivity index (χ4v) is 4.40. The Balaban J connectivity index is 1.48. The van der Waals surface area contributed by atoms with Gasteiger partial charge in [0.1, 0.15) is 5.75 Å². The molecule has 0 aliphatic heterocycles. The van der Waals surface area contributed by atoms with E-state index in [0.717, 1.165) is 4.70 Å². The number of hydrogen-bond donors (Lipinski definition) is 1. The van der Waals surface area contributed by atoms with Crippen LogP contribution >= 0.6 is 11.3 Å².